The van der Waals surface area contributed by atoms with E-state index in [1.807, 2.05) is 13.2 Å². The molecule has 7 heteroatoms. The number of hydrogen-bond donors (Lipinski definition) is 0. The van der Waals surface area contributed by atoms with Crippen LogP contribution in [-0.4, -0.2) is 56.0 Å². The molecule has 0 aromatic carbocycles. The molecule has 0 aliphatic carbocycles. The van der Waals surface area contributed by atoms with E-state index in [-0.39, 0.29) is 0 Å². The molecule has 3 heterocycles. The van der Waals surface area contributed by atoms with Gasteiger partial charge in [-0.1, -0.05) is 12.1 Å². The summed E-state index contributed by atoms with van der Waals surface area (Å²) in [5.41, 5.74) is 3.39. The lowest BCUT2D eigenvalue weighted by molar-refractivity contribution is 0.246. The Labute approximate surface area is 131 Å². The van der Waals surface area contributed by atoms with Crippen molar-refractivity contribution in [1.82, 2.24) is 29.9 Å². The van der Waals surface area contributed by atoms with E-state index in [1.54, 1.807) is 11.0 Å². The smallest absolute Gasteiger partial charge is 0.135 e. The molecule has 1 aliphatic rings. The fourth-order valence-corrected chi connectivity index (χ4v) is 2.99. The summed E-state index contributed by atoms with van der Waals surface area (Å²) >= 11 is 0. The van der Waals surface area contributed by atoms with Crippen molar-refractivity contribution in [2.75, 3.05) is 31.1 Å². The van der Waals surface area contributed by atoms with Gasteiger partial charge in [-0.05, 0) is 13.3 Å². The van der Waals surface area contributed by atoms with E-state index in [0.29, 0.717) is 0 Å². The minimum absolute atomic E-state index is 0.866. The first kappa shape index (κ1) is 14.9. The molecular formula is C15H23N7. The van der Waals surface area contributed by atoms with Crippen molar-refractivity contribution in [2.45, 2.75) is 26.8 Å². The van der Waals surface area contributed by atoms with E-state index in [1.165, 1.54) is 5.56 Å². The number of nitrogens with zero attached hydrogens (tertiary/aromatic N) is 7. The van der Waals surface area contributed by atoms with Crippen LogP contribution in [0.25, 0.3) is 0 Å². The molecule has 0 amide bonds. The first-order valence-electron chi connectivity index (χ1n) is 7.80. The second-order valence-electron chi connectivity index (χ2n) is 5.76. The van der Waals surface area contributed by atoms with Crippen LogP contribution in [-0.2, 0) is 20.0 Å². The topological polar surface area (TPSA) is 63.0 Å². The predicted octanol–water partition coefficient (Wildman–Crippen LogP) is 0.798. The zero-order valence-electron chi connectivity index (χ0n) is 13.5. The van der Waals surface area contributed by atoms with Gasteiger partial charge in [-0.15, -0.1) is 5.10 Å². The van der Waals surface area contributed by atoms with Gasteiger partial charge < -0.3 is 4.90 Å². The average molecular weight is 301 g/mol. The number of aryl methyl sites for hydroxylation is 2. The molecule has 2 aromatic heterocycles. The van der Waals surface area contributed by atoms with Gasteiger partial charge in [0.2, 0.25) is 0 Å². The van der Waals surface area contributed by atoms with E-state index >= 15 is 0 Å². The lowest BCUT2D eigenvalue weighted by atomic mass is 10.1. The molecule has 0 spiro atoms. The molecule has 0 atom stereocenters. The Hall–Kier alpha value is -2.02. The molecule has 0 unspecified atom stereocenters. The second-order valence-corrected chi connectivity index (χ2v) is 5.76. The number of anilines is 1. The molecule has 0 N–H and O–H groups in total. The maximum atomic E-state index is 4.52. The third-order valence-electron chi connectivity index (χ3n) is 4.20. The largest absolute Gasteiger partial charge is 0.354 e. The highest BCUT2D eigenvalue weighted by atomic mass is 15.4. The summed E-state index contributed by atoms with van der Waals surface area (Å²) in [7, 11) is 1.90. The van der Waals surface area contributed by atoms with Crippen LogP contribution in [0.4, 0.5) is 5.82 Å². The highest BCUT2D eigenvalue weighted by Crippen LogP contribution is 2.21. The molecule has 118 valence electrons. The fraction of sp³-hybridized carbons (Fsp3) is 0.600. The molecule has 1 aliphatic heterocycles. The van der Waals surface area contributed by atoms with E-state index in [4.69, 9.17) is 0 Å². The summed E-state index contributed by atoms with van der Waals surface area (Å²) in [5.74, 6) is 1.11. The second kappa shape index (κ2) is 6.39. The lowest BCUT2D eigenvalue weighted by Gasteiger charge is -2.35. The molecule has 2 aromatic rings. The molecule has 0 bridgehead atoms. The van der Waals surface area contributed by atoms with Gasteiger partial charge in [-0.3, -0.25) is 9.58 Å². The number of rotatable bonds is 4. The first-order valence-corrected chi connectivity index (χ1v) is 7.80. The van der Waals surface area contributed by atoms with Crippen LogP contribution in [0.1, 0.15) is 23.9 Å². The molecule has 3 rings (SSSR count). The maximum absolute atomic E-state index is 4.52. The third kappa shape index (κ3) is 3.09. The molecule has 0 radical (unpaired) electrons. The zero-order valence-corrected chi connectivity index (χ0v) is 13.5. The van der Waals surface area contributed by atoms with E-state index in [2.05, 4.69) is 43.9 Å². The van der Waals surface area contributed by atoms with E-state index in [9.17, 15) is 0 Å². The Balaban J connectivity index is 1.63. The fourth-order valence-electron chi connectivity index (χ4n) is 2.99. The standard InChI is InChI=1S/C15H23N7/c1-4-14-12(2)16-11-17-15(14)22-7-5-21(6-8-22)10-13-9-20(3)19-18-13/h9,11H,4-8,10H2,1-3H3. The molecule has 1 saturated heterocycles. The number of aromatic nitrogens is 5. The number of hydrogen-bond acceptors (Lipinski definition) is 6. The van der Waals surface area contributed by atoms with Crippen LogP contribution in [0.5, 0.6) is 0 Å². The minimum Gasteiger partial charge on any atom is -0.354 e. The Morgan fingerprint density at radius 2 is 1.91 bits per heavy atom. The van der Waals surface area contributed by atoms with Gasteiger partial charge in [-0.25, -0.2) is 9.97 Å². The monoisotopic (exact) mass is 301 g/mol. The summed E-state index contributed by atoms with van der Waals surface area (Å²) in [6.07, 6.45) is 4.63. The van der Waals surface area contributed by atoms with Crippen molar-refractivity contribution in [3.05, 3.63) is 29.5 Å². The highest BCUT2D eigenvalue weighted by Gasteiger charge is 2.21. The van der Waals surface area contributed by atoms with Crippen LogP contribution in [0.3, 0.4) is 0 Å². The Kier molecular flexibility index (Phi) is 4.33. The van der Waals surface area contributed by atoms with Crippen LogP contribution >= 0.6 is 0 Å². The molecule has 1 fully saturated rings. The summed E-state index contributed by atoms with van der Waals surface area (Å²) in [4.78, 5) is 13.6. The molecular weight excluding hydrogens is 278 g/mol. The van der Waals surface area contributed by atoms with Gasteiger partial charge in [0.05, 0.1) is 5.69 Å². The summed E-state index contributed by atoms with van der Waals surface area (Å²) in [5, 5.41) is 8.15. The minimum atomic E-state index is 0.866. The lowest BCUT2D eigenvalue weighted by Crippen LogP contribution is -2.46. The quantitative estimate of drug-likeness (QED) is 0.832. The van der Waals surface area contributed by atoms with Crippen molar-refractivity contribution in [3.8, 4) is 0 Å². The van der Waals surface area contributed by atoms with Crippen LogP contribution < -0.4 is 4.90 Å². The third-order valence-corrected chi connectivity index (χ3v) is 4.20. The maximum Gasteiger partial charge on any atom is 0.135 e. The van der Waals surface area contributed by atoms with Gasteiger partial charge in [-0.2, -0.15) is 0 Å². The first-order chi connectivity index (χ1) is 10.7. The van der Waals surface area contributed by atoms with Gasteiger partial charge in [0.15, 0.2) is 0 Å². The summed E-state index contributed by atoms with van der Waals surface area (Å²) in [6, 6.07) is 0. The van der Waals surface area contributed by atoms with Crippen molar-refractivity contribution in [3.63, 3.8) is 0 Å². The molecule has 7 nitrogen and oxygen atoms in total. The summed E-state index contributed by atoms with van der Waals surface area (Å²) in [6.45, 7) is 9.11. The van der Waals surface area contributed by atoms with Crippen molar-refractivity contribution in [1.29, 1.82) is 0 Å². The average Bonchev–Trinajstić information content (AvgIpc) is 2.93. The Morgan fingerprint density at radius 1 is 1.14 bits per heavy atom. The Bertz CT molecular complexity index is 629. The number of piperazine rings is 1. The summed E-state index contributed by atoms with van der Waals surface area (Å²) < 4.78 is 1.75. The normalized spacial score (nSPS) is 16.2. The molecule has 0 saturated carbocycles. The van der Waals surface area contributed by atoms with Gasteiger partial charge >= 0.3 is 0 Å². The van der Waals surface area contributed by atoms with Crippen LogP contribution in [0.15, 0.2) is 12.5 Å². The predicted molar refractivity (Wildman–Crippen MR) is 84.6 cm³/mol. The molecule has 22 heavy (non-hydrogen) atoms. The Morgan fingerprint density at radius 3 is 2.55 bits per heavy atom. The van der Waals surface area contributed by atoms with Gasteiger partial charge in [0.1, 0.15) is 12.1 Å². The van der Waals surface area contributed by atoms with Gasteiger partial charge in [0, 0.05) is 57.2 Å². The van der Waals surface area contributed by atoms with Crippen molar-refractivity contribution in [2.24, 2.45) is 7.05 Å². The van der Waals surface area contributed by atoms with Crippen LogP contribution in [0.2, 0.25) is 0 Å². The van der Waals surface area contributed by atoms with Crippen molar-refractivity contribution >= 4 is 5.82 Å². The zero-order chi connectivity index (χ0) is 15.5. The van der Waals surface area contributed by atoms with E-state index < -0.39 is 0 Å². The SMILES string of the molecule is CCc1c(C)ncnc1N1CCN(Cc2cn(C)nn2)CC1. The van der Waals surface area contributed by atoms with Crippen molar-refractivity contribution < 1.29 is 0 Å². The van der Waals surface area contributed by atoms with Crippen LogP contribution in [0, 0.1) is 6.92 Å². The van der Waals surface area contributed by atoms with Gasteiger partial charge in [0.25, 0.3) is 0 Å². The van der Waals surface area contributed by atoms with E-state index in [0.717, 1.165) is 56.4 Å². The highest BCUT2D eigenvalue weighted by molar-refractivity contribution is 5.48.